The standard InChI is InChI=1S/C14H12F3NO5/c15-14(16,17)9-1-3-10(4-2-9)18-12(19)8-23-13(20)11-7-21-5-6-22-11/h1-4,7H,5-6,8H2,(H,18,19). The van der Waals surface area contributed by atoms with E-state index in [1.165, 1.54) is 0 Å². The van der Waals surface area contributed by atoms with Crippen molar-refractivity contribution in [3.05, 3.63) is 41.9 Å². The van der Waals surface area contributed by atoms with E-state index in [1.54, 1.807) is 0 Å². The molecule has 0 saturated heterocycles. The topological polar surface area (TPSA) is 73.9 Å². The third-order valence-electron chi connectivity index (χ3n) is 2.68. The van der Waals surface area contributed by atoms with Crippen molar-refractivity contribution < 1.29 is 37.0 Å². The highest BCUT2D eigenvalue weighted by Crippen LogP contribution is 2.29. The zero-order valence-corrected chi connectivity index (χ0v) is 11.7. The Hall–Kier alpha value is -2.71. The van der Waals surface area contributed by atoms with Gasteiger partial charge >= 0.3 is 12.1 Å². The number of halogens is 3. The van der Waals surface area contributed by atoms with Gasteiger partial charge in [0.2, 0.25) is 5.76 Å². The van der Waals surface area contributed by atoms with Crippen molar-refractivity contribution in [1.29, 1.82) is 0 Å². The number of esters is 1. The Kier molecular flexibility index (Phi) is 5.09. The van der Waals surface area contributed by atoms with Gasteiger partial charge < -0.3 is 19.5 Å². The predicted molar refractivity (Wildman–Crippen MR) is 71.0 cm³/mol. The maximum Gasteiger partial charge on any atom is 0.416 e. The highest BCUT2D eigenvalue weighted by atomic mass is 19.4. The molecule has 23 heavy (non-hydrogen) atoms. The van der Waals surface area contributed by atoms with Gasteiger partial charge in [-0.25, -0.2) is 4.79 Å². The first kappa shape index (κ1) is 16.7. The Labute approximate surface area is 128 Å². The van der Waals surface area contributed by atoms with Crippen LogP contribution >= 0.6 is 0 Å². The number of amides is 1. The predicted octanol–water partition coefficient (Wildman–Crippen LogP) is 2.08. The molecule has 9 heteroatoms. The van der Waals surface area contributed by atoms with Gasteiger partial charge in [-0.1, -0.05) is 0 Å². The summed E-state index contributed by atoms with van der Waals surface area (Å²) in [5.74, 6) is -1.72. The number of rotatable bonds is 4. The second kappa shape index (κ2) is 7.03. The fraction of sp³-hybridized carbons (Fsp3) is 0.286. The summed E-state index contributed by atoms with van der Waals surface area (Å²) < 4.78 is 51.7. The van der Waals surface area contributed by atoms with Gasteiger partial charge in [0.05, 0.1) is 5.56 Å². The van der Waals surface area contributed by atoms with Crippen LogP contribution < -0.4 is 5.32 Å². The van der Waals surface area contributed by atoms with Crippen molar-refractivity contribution in [2.75, 3.05) is 25.1 Å². The second-order valence-electron chi connectivity index (χ2n) is 4.40. The molecule has 0 radical (unpaired) electrons. The molecule has 1 amide bonds. The first-order valence-corrected chi connectivity index (χ1v) is 6.45. The van der Waals surface area contributed by atoms with Gasteiger partial charge in [-0.3, -0.25) is 4.79 Å². The summed E-state index contributed by atoms with van der Waals surface area (Å²) in [5.41, 5.74) is -0.682. The van der Waals surface area contributed by atoms with E-state index in [1.807, 2.05) is 0 Å². The number of carbonyl (C=O) groups is 2. The fourth-order valence-electron chi connectivity index (χ4n) is 1.62. The van der Waals surface area contributed by atoms with E-state index in [2.05, 4.69) is 10.1 Å². The first-order chi connectivity index (χ1) is 10.9. The minimum atomic E-state index is -4.45. The van der Waals surface area contributed by atoms with E-state index >= 15 is 0 Å². The van der Waals surface area contributed by atoms with Gasteiger partial charge in [0.25, 0.3) is 5.91 Å². The number of benzene rings is 1. The van der Waals surface area contributed by atoms with Crippen LogP contribution in [-0.4, -0.2) is 31.7 Å². The number of hydrogen-bond donors (Lipinski definition) is 1. The molecule has 1 N–H and O–H groups in total. The van der Waals surface area contributed by atoms with Gasteiger partial charge in [0.1, 0.15) is 19.5 Å². The lowest BCUT2D eigenvalue weighted by atomic mass is 10.2. The minimum absolute atomic E-state index is 0.149. The second-order valence-corrected chi connectivity index (χ2v) is 4.40. The highest BCUT2D eigenvalue weighted by Gasteiger charge is 2.30. The average molecular weight is 331 g/mol. The molecule has 0 saturated carbocycles. The van der Waals surface area contributed by atoms with Gasteiger partial charge in [0, 0.05) is 5.69 Å². The van der Waals surface area contributed by atoms with E-state index in [4.69, 9.17) is 9.47 Å². The maximum absolute atomic E-state index is 12.4. The van der Waals surface area contributed by atoms with Gasteiger partial charge in [-0.05, 0) is 24.3 Å². The van der Waals surface area contributed by atoms with E-state index in [-0.39, 0.29) is 18.1 Å². The average Bonchev–Trinajstić information content (AvgIpc) is 2.53. The molecule has 1 heterocycles. The molecule has 2 rings (SSSR count). The summed E-state index contributed by atoms with van der Waals surface area (Å²) in [6.45, 7) is -0.107. The van der Waals surface area contributed by atoms with Crippen LogP contribution in [0, 0.1) is 0 Å². The van der Waals surface area contributed by atoms with Gasteiger partial charge in [-0.15, -0.1) is 0 Å². The lowest BCUT2D eigenvalue weighted by Gasteiger charge is -2.14. The Morgan fingerprint density at radius 2 is 1.87 bits per heavy atom. The summed E-state index contributed by atoms with van der Waals surface area (Å²) in [5, 5.41) is 2.30. The van der Waals surface area contributed by atoms with Crippen molar-refractivity contribution >= 4 is 17.6 Å². The molecular weight excluding hydrogens is 319 g/mol. The normalized spacial score (nSPS) is 14.1. The van der Waals surface area contributed by atoms with Gasteiger partial charge in [-0.2, -0.15) is 13.2 Å². The zero-order valence-electron chi connectivity index (χ0n) is 11.7. The zero-order chi connectivity index (χ0) is 16.9. The Balaban J connectivity index is 1.82. The summed E-state index contributed by atoms with van der Waals surface area (Å²) in [6, 6.07) is 3.87. The third-order valence-corrected chi connectivity index (χ3v) is 2.68. The monoisotopic (exact) mass is 331 g/mol. The van der Waals surface area contributed by atoms with Crippen LogP contribution in [0.2, 0.25) is 0 Å². The minimum Gasteiger partial charge on any atom is -0.493 e. The lowest BCUT2D eigenvalue weighted by Crippen LogP contribution is -2.23. The molecule has 124 valence electrons. The van der Waals surface area contributed by atoms with E-state index < -0.39 is 30.2 Å². The number of hydrogen-bond acceptors (Lipinski definition) is 5. The molecule has 1 aliphatic heterocycles. The summed E-state index contributed by atoms with van der Waals surface area (Å²) in [6.07, 6.45) is -3.37. The van der Waals surface area contributed by atoms with Crippen molar-refractivity contribution in [1.82, 2.24) is 0 Å². The molecule has 0 fully saturated rings. The first-order valence-electron chi connectivity index (χ1n) is 6.45. The molecular formula is C14H12F3NO5. The van der Waals surface area contributed by atoms with Crippen LogP contribution in [0.3, 0.4) is 0 Å². The number of anilines is 1. The van der Waals surface area contributed by atoms with Crippen molar-refractivity contribution in [2.45, 2.75) is 6.18 Å². The van der Waals surface area contributed by atoms with E-state index in [0.717, 1.165) is 30.5 Å². The van der Waals surface area contributed by atoms with Crippen LogP contribution in [0.15, 0.2) is 36.3 Å². The summed E-state index contributed by atoms with van der Waals surface area (Å²) in [7, 11) is 0. The molecule has 0 unspecified atom stereocenters. The summed E-state index contributed by atoms with van der Waals surface area (Å²) >= 11 is 0. The molecule has 0 aliphatic carbocycles. The smallest absolute Gasteiger partial charge is 0.416 e. The maximum atomic E-state index is 12.4. The van der Waals surface area contributed by atoms with Crippen molar-refractivity contribution in [3.8, 4) is 0 Å². The largest absolute Gasteiger partial charge is 0.493 e. The molecule has 0 aromatic heterocycles. The molecule has 0 atom stereocenters. The SMILES string of the molecule is O=C(COC(=O)C1=COCCO1)Nc1ccc(C(F)(F)F)cc1. The van der Waals surface area contributed by atoms with Crippen LogP contribution in [0.25, 0.3) is 0 Å². The van der Waals surface area contributed by atoms with Gasteiger partial charge in [0.15, 0.2) is 6.61 Å². The van der Waals surface area contributed by atoms with Crippen LogP contribution in [0.4, 0.5) is 18.9 Å². The van der Waals surface area contributed by atoms with Crippen LogP contribution in [-0.2, 0) is 30.0 Å². The van der Waals surface area contributed by atoms with Crippen LogP contribution in [0.5, 0.6) is 0 Å². The molecule has 0 bridgehead atoms. The molecule has 6 nitrogen and oxygen atoms in total. The highest BCUT2D eigenvalue weighted by molar-refractivity contribution is 5.94. The van der Waals surface area contributed by atoms with E-state index in [0.29, 0.717) is 6.61 Å². The number of carbonyl (C=O) groups excluding carboxylic acids is 2. The number of alkyl halides is 3. The Bertz CT molecular complexity index is 610. The quantitative estimate of drug-likeness (QED) is 0.855. The Morgan fingerprint density at radius 3 is 2.43 bits per heavy atom. The molecule has 1 aliphatic rings. The van der Waals surface area contributed by atoms with Crippen molar-refractivity contribution in [3.63, 3.8) is 0 Å². The molecule has 1 aromatic carbocycles. The fourth-order valence-corrected chi connectivity index (χ4v) is 1.62. The molecule has 0 spiro atoms. The lowest BCUT2D eigenvalue weighted by molar-refractivity contribution is -0.148. The Morgan fingerprint density at radius 1 is 1.17 bits per heavy atom. The molecule has 1 aromatic rings. The van der Waals surface area contributed by atoms with E-state index in [9.17, 15) is 22.8 Å². The third kappa shape index (κ3) is 4.90. The summed E-state index contributed by atoms with van der Waals surface area (Å²) in [4.78, 5) is 23.1. The number of nitrogens with one attached hydrogen (secondary N) is 1. The van der Waals surface area contributed by atoms with Crippen LogP contribution in [0.1, 0.15) is 5.56 Å². The number of ether oxygens (including phenoxy) is 3. The van der Waals surface area contributed by atoms with Crippen molar-refractivity contribution in [2.24, 2.45) is 0 Å².